The van der Waals surface area contributed by atoms with Crippen molar-refractivity contribution in [3.05, 3.63) is 35.5 Å². The normalized spacial score (nSPS) is 10.1. The van der Waals surface area contributed by atoms with Crippen molar-refractivity contribution in [3.63, 3.8) is 0 Å². The fourth-order valence-electron chi connectivity index (χ4n) is 1.06. The number of methoxy groups -OCH3 is 1. The van der Waals surface area contributed by atoms with Crippen LogP contribution in [0.3, 0.4) is 0 Å². The number of esters is 1. The van der Waals surface area contributed by atoms with E-state index in [4.69, 9.17) is 11.6 Å². The number of hydrogen-bond donors (Lipinski definition) is 0. The number of nitrogens with zero attached hydrogens (tertiary/aromatic N) is 4. The van der Waals surface area contributed by atoms with Gasteiger partial charge in [-0.15, -0.1) is 5.10 Å². The molecule has 16 heavy (non-hydrogen) atoms. The zero-order valence-corrected chi connectivity index (χ0v) is 9.05. The lowest BCUT2D eigenvalue weighted by Crippen LogP contribution is -2.05. The maximum absolute atomic E-state index is 11.1. The number of hydrogen-bond acceptors (Lipinski definition) is 5. The molecule has 0 spiro atoms. The Kier molecular flexibility index (Phi) is 2.82. The van der Waals surface area contributed by atoms with Gasteiger partial charge in [0, 0.05) is 6.20 Å². The Hall–Kier alpha value is -1.95. The van der Waals surface area contributed by atoms with Gasteiger partial charge in [0.05, 0.1) is 12.1 Å². The second kappa shape index (κ2) is 4.28. The van der Waals surface area contributed by atoms with Gasteiger partial charge in [0.25, 0.3) is 5.82 Å². The fraction of sp³-hybridized carbons (Fsp3) is 0.111. The summed E-state index contributed by atoms with van der Waals surface area (Å²) in [4.78, 5) is 18.9. The van der Waals surface area contributed by atoms with E-state index in [1.807, 2.05) is 0 Å². The third-order valence-electron chi connectivity index (χ3n) is 1.81. The number of carbonyl (C=O) groups is 1. The monoisotopic (exact) mass is 238 g/mol. The van der Waals surface area contributed by atoms with E-state index in [0.717, 1.165) is 0 Å². The Balaban J connectivity index is 2.31. The van der Waals surface area contributed by atoms with Crippen molar-refractivity contribution in [3.8, 4) is 5.82 Å². The van der Waals surface area contributed by atoms with Crippen LogP contribution >= 0.6 is 11.6 Å². The van der Waals surface area contributed by atoms with Crippen molar-refractivity contribution in [1.29, 1.82) is 0 Å². The van der Waals surface area contributed by atoms with E-state index in [1.54, 1.807) is 12.1 Å². The molecule has 2 rings (SSSR count). The van der Waals surface area contributed by atoms with Gasteiger partial charge in [-0.3, -0.25) is 0 Å². The molecule has 2 heterocycles. The molecule has 0 saturated heterocycles. The predicted molar refractivity (Wildman–Crippen MR) is 55.5 cm³/mol. The quantitative estimate of drug-likeness (QED) is 0.733. The first-order chi connectivity index (χ1) is 7.70. The van der Waals surface area contributed by atoms with E-state index in [1.165, 1.54) is 24.3 Å². The van der Waals surface area contributed by atoms with Gasteiger partial charge in [0.2, 0.25) is 0 Å². The molecule has 0 saturated carbocycles. The molecule has 0 aromatic carbocycles. The van der Waals surface area contributed by atoms with Crippen LogP contribution in [0.15, 0.2) is 24.7 Å². The van der Waals surface area contributed by atoms with Crippen molar-refractivity contribution in [2.45, 2.75) is 0 Å². The Morgan fingerprint density at radius 3 is 2.88 bits per heavy atom. The summed E-state index contributed by atoms with van der Waals surface area (Å²) >= 11 is 5.70. The number of rotatable bonds is 2. The molecule has 82 valence electrons. The summed E-state index contributed by atoms with van der Waals surface area (Å²) in [6.07, 6.45) is 2.86. The smallest absolute Gasteiger partial charge is 0.377 e. The SMILES string of the molecule is COC(=O)c1ncn(-c2ccc(Cl)cn2)n1. The maximum atomic E-state index is 11.1. The van der Waals surface area contributed by atoms with Crippen LogP contribution in [0.1, 0.15) is 10.6 Å². The number of pyridine rings is 1. The molecule has 0 aliphatic carbocycles. The molecular formula is C9H7ClN4O2. The summed E-state index contributed by atoms with van der Waals surface area (Å²) in [6.45, 7) is 0. The van der Waals surface area contributed by atoms with Crippen LogP contribution in [0.4, 0.5) is 0 Å². The standard InChI is InChI=1S/C9H7ClN4O2/c1-16-9(15)8-12-5-14(13-8)7-3-2-6(10)4-11-7/h2-5H,1H3. The molecule has 2 aromatic heterocycles. The highest BCUT2D eigenvalue weighted by Gasteiger charge is 2.12. The largest absolute Gasteiger partial charge is 0.463 e. The van der Waals surface area contributed by atoms with Crippen molar-refractivity contribution in [2.75, 3.05) is 7.11 Å². The summed E-state index contributed by atoms with van der Waals surface area (Å²) in [5.74, 6) is -0.0842. The molecule has 0 amide bonds. The minimum Gasteiger partial charge on any atom is -0.463 e. The van der Waals surface area contributed by atoms with Crippen molar-refractivity contribution in [2.24, 2.45) is 0 Å². The lowest BCUT2D eigenvalue weighted by atomic mass is 10.5. The van der Waals surface area contributed by atoms with Crippen LogP contribution in [0.25, 0.3) is 5.82 Å². The molecule has 0 unspecified atom stereocenters. The maximum Gasteiger partial charge on any atom is 0.377 e. The Labute approximate surface area is 95.8 Å². The number of carbonyl (C=O) groups excluding carboxylic acids is 1. The van der Waals surface area contributed by atoms with Crippen LogP contribution in [-0.4, -0.2) is 32.8 Å². The van der Waals surface area contributed by atoms with Crippen LogP contribution in [0.5, 0.6) is 0 Å². The summed E-state index contributed by atoms with van der Waals surface area (Å²) in [7, 11) is 1.27. The van der Waals surface area contributed by atoms with Crippen molar-refractivity contribution >= 4 is 17.6 Å². The van der Waals surface area contributed by atoms with E-state index in [0.29, 0.717) is 10.8 Å². The zero-order chi connectivity index (χ0) is 11.5. The van der Waals surface area contributed by atoms with E-state index >= 15 is 0 Å². The average molecular weight is 239 g/mol. The Bertz CT molecular complexity index is 508. The molecule has 0 aliphatic rings. The lowest BCUT2D eigenvalue weighted by Gasteiger charge is -1.97. The van der Waals surface area contributed by atoms with Crippen molar-refractivity contribution in [1.82, 2.24) is 19.7 Å². The molecule has 6 nitrogen and oxygen atoms in total. The summed E-state index contributed by atoms with van der Waals surface area (Å²) in [5.41, 5.74) is 0. The lowest BCUT2D eigenvalue weighted by molar-refractivity contribution is 0.0587. The van der Waals surface area contributed by atoms with Gasteiger partial charge in [-0.1, -0.05) is 11.6 Å². The highest BCUT2D eigenvalue weighted by molar-refractivity contribution is 6.30. The average Bonchev–Trinajstić information content (AvgIpc) is 2.78. The Morgan fingerprint density at radius 1 is 1.44 bits per heavy atom. The molecule has 0 bridgehead atoms. The zero-order valence-electron chi connectivity index (χ0n) is 8.29. The number of ether oxygens (including phenoxy) is 1. The first-order valence-corrected chi connectivity index (χ1v) is 4.70. The van der Waals surface area contributed by atoms with E-state index in [2.05, 4.69) is 19.8 Å². The first-order valence-electron chi connectivity index (χ1n) is 4.32. The predicted octanol–water partition coefficient (Wildman–Crippen LogP) is 1.10. The van der Waals surface area contributed by atoms with Gasteiger partial charge in [0.15, 0.2) is 5.82 Å². The molecule has 0 radical (unpaired) electrons. The topological polar surface area (TPSA) is 69.9 Å². The summed E-state index contributed by atoms with van der Waals surface area (Å²) in [5, 5.41) is 4.43. The van der Waals surface area contributed by atoms with Crippen molar-refractivity contribution < 1.29 is 9.53 Å². The minimum absolute atomic E-state index is 0.0146. The summed E-state index contributed by atoms with van der Waals surface area (Å²) in [6, 6.07) is 3.33. The molecule has 0 fully saturated rings. The van der Waals surface area contributed by atoms with Crippen LogP contribution < -0.4 is 0 Å². The number of aromatic nitrogens is 4. The third kappa shape index (κ3) is 2.01. The van der Waals surface area contributed by atoms with Gasteiger partial charge in [-0.2, -0.15) is 0 Å². The summed E-state index contributed by atoms with van der Waals surface area (Å²) < 4.78 is 5.85. The second-order valence-corrected chi connectivity index (χ2v) is 3.28. The van der Waals surface area contributed by atoms with Crippen LogP contribution in [-0.2, 0) is 4.74 Å². The van der Waals surface area contributed by atoms with Crippen LogP contribution in [0, 0.1) is 0 Å². The first kappa shape index (κ1) is 10.6. The Morgan fingerprint density at radius 2 is 2.25 bits per heavy atom. The van der Waals surface area contributed by atoms with E-state index < -0.39 is 5.97 Å². The van der Waals surface area contributed by atoms with Gasteiger partial charge in [0.1, 0.15) is 6.33 Å². The van der Waals surface area contributed by atoms with E-state index in [-0.39, 0.29) is 5.82 Å². The van der Waals surface area contributed by atoms with Gasteiger partial charge in [-0.05, 0) is 12.1 Å². The van der Waals surface area contributed by atoms with Gasteiger partial charge >= 0.3 is 5.97 Å². The second-order valence-electron chi connectivity index (χ2n) is 2.84. The molecule has 0 N–H and O–H groups in total. The van der Waals surface area contributed by atoms with Crippen LogP contribution in [0.2, 0.25) is 5.02 Å². The van der Waals surface area contributed by atoms with E-state index in [9.17, 15) is 4.79 Å². The van der Waals surface area contributed by atoms with Gasteiger partial charge in [-0.25, -0.2) is 19.4 Å². The fourth-order valence-corrected chi connectivity index (χ4v) is 1.17. The molecular weight excluding hydrogens is 232 g/mol. The highest BCUT2D eigenvalue weighted by atomic mass is 35.5. The van der Waals surface area contributed by atoms with Gasteiger partial charge < -0.3 is 4.74 Å². The molecule has 0 atom stereocenters. The molecule has 2 aromatic rings. The number of halogens is 1. The third-order valence-corrected chi connectivity index (χ3v) is 2.03. The minimum atomic E-state index is -0.590. The molecule has 7 heteroatoms. The highest BCUT2D eigenvalue weighted by Crippen LogP contribution is 2.08. The molecule has 0 aliphatic heterocycles.